The fraction of sp³-hybridized carbons (Fsp3) is 0.867. The maximum absolute atomic E-state index is 11.6. The Labute approximate surface area is 122 Å². The van der Waals surface area contributed by atoms with Crippen LogP contribution in [0.5, 0.6) is 0 Å². The maximum atomic E-state index is 11.6. The van der Waals surface area contributed by atoms with Gasteiger partial charge in [-0.25, -0.2) is 4.79 Å². The fourth-order valence-corrected chi connectivity index (χ4v) is 2.03. The molecule has 0 spiro atoms. The molecule has 2 amide bonds. The van der Waals surface area contributed by atoms with Crippen molar-refractivity contribution in [2.24, 2.45) is 11.8 Å². The standard InChI is InChI=1S/C15H30N2O3/c1-4-6-13(7-8-14(18)19)9-10-16-15(20)17-11-12(3)5-2/h12-13H,4-11H2,1-3H3,(H,18,19)(H2,16,17,20). The molecule has 2 atom stereocenters. The Morgan fingerprint density at radius 2 is 1.80 bits per heavy atom. The van der Waals surface area contributed by atoms with Crippen molar-refractivity contribution in [2.75, 3.05) is 13.1 Å². The number of nitrogens with one attached hydrogen (secondary N) is 2. The smallest absolute Gasteiger partial charge is 0.314 e. The molecule has 0 aromatic carbocycles. The average Bonchev–Trinajstić information content (AvgIpc) is 2.41. The highest BCUT2D eigenvalue weighted by Crippen LogP contribution is 2.17. The number of aliphatic carboxylic acids is 1. The highest BCUT2D eigenvalue weighted by molar-refractivity contribution is 5.73. The molecule has 0 rings (SSSR count). The summed E-state index contributed by atoms with van der Waals surface area (Å²) < 4.78 is 0. The van der Waals surface area contributed by atoms with Crippen LogP contribution in [0.1, 0.15) is 59.3 Å². The van der Waals surface area contributed by atoms with E-state index in [1.807, 2.05) is 0 Å². The lowest BCUT2D eigenvalue weighted by Crippen LogP contribution is -2.38. The Morgan fingerprint density at radius 3 is 2.35 bits per heavy atom. The molecule has 0 aliphatic carbocycles. The first kappa shape index (κ1) is 18.7. The van der Waals surface area contributed by atoms with Gasteiger partial charge in [0, 0.05) is 19.5 Å². The van der Waals surface area contributed by atoms with Crippen LogP contribution in [0.15, 0.2) is 0 Å². The third-order valence-electron chi connectivity index (χ3n) is 3.61. The van der Waals surface area contributed by atoms with Crippen molar-refractivity contribution >= 4 is 12.0 Å². The lowest BCUT2D eigenvalue weighted by atomic mass is 9.94. The van der Waals surface area contributed by atoms with Gasteiger partial charge in [0.15, 0.2) is 0 Å². The third-order valence-corrected chi connectivity index (χ3v) is 3.61. The zero-order chi connectivity index (χ0) is 15.4. The summed E-state index contributed by atoms with van der Waals surface area (Å²) in [5, 5.41) is 14.4. The van der Waals surface area contributed by atoms with Crippen molar-refractivity contribution in [1.82, 2.24) is 10.6 Å². The normalized spacial score (nSPS) is 13.6. The van der Waals surface area contributed by atoms with Crippen LogP contribution in [0, 0.1) is 11.8 Å². The van der Waals surface area contributed by atoms with Crippen molar-refractivity contribution in [3.05, 3.63) is 0 Å². The molecule has 0 aliphatic rings. The van der Waals surface area contributed by atoms with Crippen LogP contribution in [0.2, 0.25) is 0 Å². The zero-order valence-electron chi connectivity index (χ0n) is 13.1. The Hall–Kier alpha value is -1.26. The van der Waals surface area contributed by atoms with Gasteiger partial charge in [-0.05, 0) is 24.7 Å². The number of hydrogen-bond donors (Lipinski definition) is 3. The number of urea groups is 1. The summed E-state index contributed by atoms with van der Waals surface area (Å²) in [6.45, 7) is 7.60. The summed E-state index contributed by atoms with van der Waals surface area (Å²) in [6, 6.07) is -0.126. The zero-order valence-corrected chi connectivity index (χ0v) is 13.1. The molecule has 5 nitrogen and oxygen atoms in total. The van der Waals surface area contributed by atoms with Gasteiger partial charge in [0.25, 0.3) is 0 Å². The summed E-state index contributed by atoms with van der Waals surface area (Å²) in [4.78, 5) is 22.1. The second kappa shape index (κ2) is 11.6. The molecule has 0 heterocycles. The van der Waals surface area contributed by atoms with Crippen LogP contribution in [-0.2, 0) is 4.79 Å². The number of carbonyl (C=O) groups is 2. The summed E-state index contributed by atoms with van der Waals surface area (Å²) in [5.41, 5.74) is 0. The molecule has 0 bridgehead atoms. The molecular weight excluding hydrogens is 256 g/mol. The van der Waals surface area contributed by atoms with Gasteiger partial charge in [-0.2, -0.15) is 0 Å². The number of hydrogen-bond acceptors (Lipinski definition) is 2. The SMILES string of the molecule is CCCC(CCNC(=O)NCC(C)CC)CCC(=O)O. The number of carboxylic acid groups (broad SMARTS) is 1. The maximum Gasteiger partial charge on any atom is 0.314 e. The fourth-order valence-electron chi connectivity index (χ4n) is 2.03. The molecule has 2 unspecified atom stereocenters. The highest BCUT2D eigenvalue weighted by Gasteiger charge is 2.11. The molecular formula is C15H30N2O3. The first-order chi connectivity index (χ1) is 9.49. The van der Waals surface area contributed by atoms with Gasteiger partial charge in [0.05, 0.1) is 0 Å². The van der Waals surface area contributed by atoms with E-state index in [1.54, 1.807) is 0 Å². The van der Waals surface area contributed by atoms with Gasteiger partial charge in [0.1, 0.15) is 0 Å². The minimum Gasteiger partial charge on any atom is -0.481 e. The summed E-state index contributed by atoms with van der Waals surface area (Å²) in [6.07, 6.45) is 4.87. The molecule has 0 fully saturated rings. The number of rotatable bonds is 11. The number of carbonyl (C=O) groups excluding carboxylic acids is 1. The first-order valence-corrected chi connectivity index (χ1v) is 7.73. The van der Waals surface area contributed by atoms with Gasteiger partial charge in [0.2, 0.25) is 0 Å². The second-order valence-electron chi connectivity index (χ2n) is 5.53. The van der Waals surface area contributed by atoms with Crippen molar-refractivity contribution in [1.29, 1.82) is 0 Å². The average molecular weight is 286 g/mol. The second-order valence-corrected chi connectivity index (χ2v) is 5.53. The Balaban J connectivity index is 3.80. The van der Waals surface area contributed by atoms with Crippen LogP contribution < -0.4 is 10.6 Å². The van der Waals surface area contributed by atoms with Crippen LogP contribution in [0.3, 0.4) is 0 Å². The Kier molecular flexibility index (Phi) is 10.8. The Morgan fingerprint density at radius 1 is 1.10 bits per heavy atom. The minimum atomic E-state index is -0.745. The molecule has 0 aromatic heterocycles. The monoisotopic (exact) mass is 286 g/mol. The molecule has 0 aliphatic heterocycles. The third kappa shape index (κ3) is 10.6. The number of amides is 2. The lowest BCUT2D eigenvalue weighted by Gasteiger charge is -2.16. The van der Waals surface area contributed by atoms with Crippen LogP contribution >= 0.6 is 0 Å². The van der Waals surface area contributed by atoms with Gasteiger partial charge in [-0.1, -0.05) is 40.0 Å². The van der Waals surface area contributed by atoms with E-state index in [4.69, 9.17) is 5.11 Å². The molecule has 0 aromatic rings. The van der Waals surface area contributed by atoms with E-state index in [-0.39, 0.29) is 12.5 Å². The van der Waals surface area contributed by atoms with E-state index in [0.717, 1.165) is 25.7 Å². The van der Waals surface area contributed by atoms with E-state index in [9.17, 15) is 9.59 Å². The topological polar surface area (TPSA) is 78.4 Å². The Bertz CT molecular complexity index is 282. The first-order valence-electron chi connectivity index (χ1n) is 7.73. The van der Waals surface area contributed by atoms with Crippen LogP contribution in [0.25, 0.3) is 0 Å². The molecule has 5 heteroatoms. The molecule has 0 saturated carbocycles. The van der Waals surface area contributed by atoms with Crippen molar-refractivity contribution in [3.8, 4) is 0 Å². The van der Waals surface area contributed by atoms with Gasteiger partial charge < -0.3 is 15.7 Å². The van der Waals surface area contributed by atoms with Gasteiger partial charge in [-0.15, -0.1) is 0 Å². The quantitative estimate of drug-likeness (QED) is 0.546. The van der Waals surface area contributed by atoms with Crippen LogP contribution in [0.4, 0.5) is 4.79 Å². The van der Waals surface area contributed by atoms with Gasteiger partial charge >= 0.3 is 12.0 Å². The molecule has 3 N–H and O–H groups in total. The largest absolute Gasteiger partial charge is 0.481 e. The lowest BCUT2D eigenvalue weighted by molar-refractivity contribution is -0.137. The molecule has 0 radical (unpaired) electrons. The number of carboxylic acids is 1. The summed E-state index contributed by atoms with van der Waals surface area (Å²) >= 11 is 0. The van der Waals surface area contributed by atoms with E-state index in [1.165, 1.54) is 0 Å². The van der Waals surface area contributed by atoms with E-state index < -0.39 is 5.97 Å². The highest BCUT2D eigenvalue weighted by atomic mass is 16.4. The van der Waals surface area contributed by atoms with E-state index in [0.29, 0.717) is 31.3 Å². The van der Waals surface area contributed by atoms with E-state index in [2.05, 4.69) is 31.4 Å². The molecule has 0 saturated heterocycles. The van der Waals surface area contributed by atoms with Crippen molar-refractivity contribution in [3.63, 3.8) is 0 Å². The minimum absolute atomic E-state index is 0.126. The van der Waals surface area contributed by atoms with Gasteiger partial charge in [-0.3, -0.25) is 4.79 Å². The predicted molar refractivity (Wildman–Crippen MR) is 80.7 cm³/mol. The molecule has 118 valence electrons. The summed E-state index contributed by atoms with van der Waals surface area (Å²) in [7, 11) is 0. The predicted octanol–water partition coefficient (Wildman–Crippen LogP) is 3.00. The van der Waals surface area contributed by atoms with E-state index >= 15 is 0 Å². The van der Waals surface area contributed by atoms with Crippen molar-refractivity contribution in [2.45, 2.75) is 59.3 Å². The summed E-state index contributed by atoms with van der Waals surface area (Å²) in [5.74, 6) is 0.125. The van der Waals surface area contributed by atoms with Crippen molar-refractivity contribution < 1.29 is 14.7 Å². The van der Waals surface area contributed by atoms with Crippen LogP contribution in [-0.4, -0.2) is 30.2 Å². The molecule has 20 heavy (non-hydrogen) atoms.